The highest BCUT2D eigenvalue weighted by Gasteiger charge is 2.21. The molecular weight excluding hydrogens is 378 g/mol. The highest BCUT2D eigenvalue weighted by molar-refractivity contribution is 5.78. The summed E-state index contributed by atoms with van der Waals surface area (Å²) in [7, 11) is 1.64. The summed E-state index contributed by atoms with van der Waals surface area (Å²) in [5, 5.41) is 0. The van der Waals surface area contributed by atoms with Crippen molar-refractivity contribution in [2.45, 2.75) is 52.7 Å². The molecule has 3 rings (SSSR count). The zero-order chi connectivity index (χ0) is 21.7. The predicted molar refractivity (Wildman–Crippen MR) is 120 cm³/mol. The number of fused-ring (bicyclic) bond motifs is 1. The van der Waals surface area contributed by atoms with Crippen molar-refractivity contribution in [2.75, 3.05) is 13.7 Å². The lowest BCUT2D eigenvalue weighted by Gasteiger charge is -2.29. The molecule has 160 valence electrons. The van der Waals surface area contributed by atoms with Crippen molar-refractivity contribution >= 4 is 16.9 Å². The highest BCUT2D eigenvalue weighted by atomic mass is 16.5. The second-order valence-electron chi connectivity index (χ2n) is 7.46. The van der Waals surface area contributed by atoms with E-state index < -0.39 is 0 Å². The van der Waals surface area contributed by atoms with Gasteiger partial charge in [-0.25, -0.2) is 4.79 Å². The van der Waals surface area contributed by atoms with Gasteiger partial charge in [-0.1, -0.05) is 31.2 Å². The first-order chi connectivity index (χ1) is 14.5. The molecule has 0 bridgehead atoms. The van der Waals surface area contributed by atoms with E-state index in [1.807, 2.05) is 67.3 Å². The number of aromatic nitrogens is 2. The van der Waals surface area contributed by atoms with E-state index in [1.165, 1.54) is 0 Å². The molecule has 0 radical (unpaired) electrons. The van der Waals surface area contributed by atoms with Gasteiger partial charge in [0.1, 0.15) is 5.75 Å². The van der Waals surface area contributed by atoms with Gasteiger partial charge in [0.25, 0.3) is 0 Å². The van der Waals surface area contributed by atoms with E-state index in [9.17, 15) is 9.59 Å². The van der Waals surface area contributed by atoms with Crippen LogP contribution in [0.3, 0.4) is 0 Å². The van der Waals surface area contributed by atoms with Gasteiger partial charge >= 0.3 is 5.69 Å². The van der Waals surface area contributed by atoms with Gasteiger partial charge in [-0.2, -0.15) is 0 Å². The van der Waals surface area contributed by atoms with Gasteiger partial charge in [0.2, 0.25) is 5.91 Å². The number of para-hydroxylation sites is 2. The quantitative estimate of drug-likeness (QED) is 0.532. The van der Waals surface area contributed by atoms with E-state index in [4.69, 9.17) is 4.74 Å². The Morgan fingerprint density at radius 2 is 1.70 bits per heavy atom. The summed E-state index contributed by atoms with van der Waals surface area (Å²) >= 11 is 0. The minimum atomic E-state index is -0.0734. The summed E-state index contributed by atoms with van der Waals surface area (Å²) in [6, 6.07) is 15.5. The van der Waals surface area contributed by atoms with Crippen molar-refractivity contribution in [1.29, 1.82) is 0 Å². The Morgan fingerprint density at radius 3 is 2.30 bits per heavy atom. The van der Waals surface area contributed by atoms with Crippen molar-refractivity contribution in [2.24, 2.45) is 0 Å². The lowest BCUT2D eigenvalue weighted by atomic mass is 10.1. The second kappa shape index (κ2) is 9.65. The van der Waals surface area contributed by atoms with E-state index in [2.05, 4.69) is 6.92 Å². The number of methoxy groups -OCH3 is 1. The molecule has 2 aromatic carbocycles. The molecule has 6 heteroatoms. The number of hydrogen-bond acceptors (Lipinski definition) is 3. The van der Waals surface area contributed by atoms with Gasteiger partial charge in [-0.15, -0.1) is 0 Å². The first-order valence-electron chi connectivity index (χ1n) is 10.6. The zero-order valence-electron chi connectivity index (χ0n) is 18.3. The summed E-state index contributed by atoms with van der Waals surface area (Å²) in [5.41, 5.74) is 2.79. The molecule has 0 aliphatic rings. The molecule has 0 aliphatic heterocycles. The molecule has 0 N–H and O–H groups in total. The average Bonchev–Trinajstić information content (AvgIpc) is 3.04. The molecule has 30 heavy (non-hydrogen) atoms. The third-order valence-corrected chi connectivity index (χ3v) is 5.63. The first-order valence-corrected chi connectivity index (χ1v) is 10.6. The fraction of sp³-hybridized carbons (Fsp3) is 0.417. The Morgan fingerprint density at radius 1 is 1.03 bits per heavy atom. The molecule has 1 heterocycles. The molecule has 0 spiro atoms. The fourth-order valence-corrected chi connectivity index (χ4v) is 4.03. The Labute approximate surface area is 177 Å². The van der Waals surface area contributed by atoms with E-state index in [1.54, 1.807) is 16.2 Å². The lowest BCUT2D eigenvalue weighted by molar-refractivity contribution is -0.133. The molecule has 3 aromatic rings. The van der Waals surface area contributed by atoms with Gasteiger partial charge in [0.05, 0.1) is 24.2 Å². The minimum Gasteiger partial charge on any atom is -0.497 e. The molecule has 6 nitrogen and oxygen atoms in total. The van der Waals surface area contributed by atoms with E-state index in [0.717, 1.165) is 28.8 Å². The zero-order valence-corrected chi connectivity index (χ0v) is 18.3. The van der Waals surface area contributed by atoms with Gasteiger partial charge in [0, 0.05) is 26.1 Å². The largest absolute Gasteiger partial charge is 0.497 e. The van der Waals surface area contributed by atoms with Crippen molar-refractivity contribution < 1.29 is 9.53 Å². The summed E-state index contributed by atoms with van der Waals surface area (Å²) in [4.78, 5) is 27.9. The van der Waals surface area contributed by atoms with Gasteiger partial charge in [-0.3, -0.25) is 13.9 Å². The maximum atomic E-state index is 13.1. The van der Waals surface area contributed by atoms with Crippen LogP contribution in [0, 0.1) is 0 Å². The number of aryl methyl sites for hydroxylation is 2. The monoisotopic (exact) mass is 409 g/mol. The average molecular weight is 410 g/mol. The van der Waals surface area contributed by atoms with Crippen LogP contribution in [0.1, 0.15) is 45.2 Å². The van der Waals surface area contributed by atoms with Crippen LogP contribution in [0.5, 0.6) is 5.75 Å². The Bertz CT molecular complexity index is 1070. The summed E-state index contributed by atoms with van der Waals surface area (Å²) in [6.45, 7) is 7.71. The molecule has 0 saturated heterocycles. The van der Waals surface area contributed by atoms with E-state index in [-0.39, 0.29) is 24.1 Å². The molecule has 0 aliphatic carbocycles. The number of carbonyl (C=O) groups excluding carboxylic acids is 1. The van der Waals surface area contributed by atoms with Crippen LogP contribution in [0.2, 0.25) is 0 Å². The van der Waals surface area contributed by atoms with Crippen molar-refractivity contribution in [3.8, 4) is 5.75 Å². The normalized spacial score (nSPS) is 12.1. The number of carbonyl (C=O) groups is 1. The number of imidazole rings is 1. The number of benzene rings is 2. The number of amides is 1. The van der Waals surface area contributed by atoms with Crippen LogP contribution >= 0.6 is 0 Å². The molecule has 1 aromatic heterocycles. The first kappa shape index (κ1) is 21.7. The maximum absolute atomic E-state index is 13.1. The number of hydrogen-bond donors (Lipinski definition) is 0. The Kier molecular flexibility index (Phi) is 6.98. The number of ether oxygens (including phenoxy) is 1. The fourth-order valence-electron chi connectivity index (χ4n) is 4.03. The van der Waals surface area contributed by atoms with Crippen molar-refractivity contribution in [1.82, 2.24) is 14.0 Å². The summed E-state index contributed by atoms with van der Waals surface area (Å²) in [5.74, 6) is 0.810. The summed E-state index contributed by atoms with van der Waals surface area (Å²) < 4.78 is 8.85. The van der Waals surface area contributed by atoms with Crippen molar-refractivity contribution in [3.63, 3.8) is 0 Å². The molecule has 0 saturated carbocycles. The third kappa shape index (κ3) is 4.27. The van der Waals surface area contributed by atoms with Gasteiger partial charge in [-0.05, 0) is 50.1 Å². The van der Waals surface area contributed by atoms with Crippen LogP contribution in [-0.2, 0) is 17.9 Å². The Hall–Kier alpha value is -3.02. The summed E-state index contributed by atoms with van der Waals surface area (Å²) in [6.07, 6.45) is 1.16. The Balaban J connectivity index is 1.80. The van der Waals surface area contributed by atoms with Gasteiger partial charge in [0.15, 0.2) is 0 Å². The molecular formula is C24H31N3O3. The van der Waals surface area contributed by atoms with E-state index in [0.29, 0.717) is 19.6 Å². The minimum absolute atomic E-state index is 0.0343. The highest BCUT2D eigenvalue weighted by Crippen LogP contribution is 2.24. The van der Waals surface area contributed by atoms with E-state index >= 15 is 0 Å². The SMILES string of the molecule is CCCn1c(=O)n(CCC(=O)N(CC)C(C)c2cccc(OC)c2)c2ccccc21. The second-order valence-corrected chi connectivity index (χ2v) is 7.46. The number of nitrogens with zero attached hydrogens (tertiary/aromatic N) is 3. The molecule has 0 fully saturated rings. The maximum Gasteiger partial charge on any atom is 0.329 e. The van der Waals surface area contributed by atoms with Crippen LogP contribution in [0.4, 0.5) is 0 Å². The van der Waals surface area contributed by atoms with Crippen LogP contribution in [0.15, 0.2) is 53.3 Å². The molecule has 1 unspecified atom stereocenters. The molecule has 1 amide bonds. The lowest BCUT2D eigenvalue weighted by Crippen LogP contribution is -2.35. The topological polar surface area (TPSA) is 56.5 Å². The van der Waals surface area contributed by atoms with Crippen LogP contribution in [-0.4, -0.2) is 33.6 Å². The smallest absolute Gasteiger partial charge is 0.329 e. The predicted octanol–water partition coefficient (Wildman–Crippen LogP) is 4.22. The number of rotatable bonds is 9. The van der Waals surface area contributed by atoms with Crippen LogP contribution in [0.25, 0.3) is 11.0 Å². The van der Waals surface area contributed by atoms with Crippen molar-refractivity contribution in [3.05, 3.63) is 64.6 Å². The standard InChI is InChI=1S/C24H31N3O3/c1-5-15-26-21-12-7-8-13-22(21)27(24(26)29)16-14-23(28)25(6-2)18(3)19-10-9-11-20(17-19)30-4/h7-13,17-18H,5-6,14-16H2,1-4H3. The van der Waals surface area contributed by atoms with Crippen LogP contribution < -0.4 is 10.4 Å². The molecule has 1 atom stereocenters. The van der Waals surface area contributed by atoms with Gasteiger partial charge < -0.3 is 9.64 Å². The third-order valence-electron chi connectivity index (χ3n) is 5.63.